The second kappa shape index (κ2) is 6.87. The Bertz CT molecular complexity index is 623. The summed E-state index contributed by atoms with van der Waals surface area (Å²) in [6.45, 7) is 2.33. The maximum atomic E-state index is 14.0. The van der Waals surface area contributed by atoms with Crippen LogP contribution in [0.3, 0.4) is 0 Å². The highest BCUT2D eigenvalue weighted by atomic mass is 35.5. The fourth-order valence-corrected chi connectivity index (χ4v) is 2.27. The van der Waals surface area contributed by atoms with Crippen LogP contribution < -0.4 is 10.1 Å². The summed E-state index contributed by atoms with van der Waals surface area (Å²) in [7, 11) is 1.71. The molecule has 0 spiro atoms. The van der Waals surface area contributed by atoms with Crippen LogP contribution >= 0.6 is 11.6 Å². The minimum absolute atomic E-state index is 0.357. The first-order chi connectivity index (χ1) is 10.0. The van der Waals surface area contributed by atoms with E-state index >= 15 is 0 Å². The van der Waals surface area contributed by atoms with Crippen LogP contribution in [0.5, 0.6) is 11.5 Å². The van der Waals surface area contributed by atoms with Crippen LogP contribution in [-0.4, -0.2) is 7.05 Å². The molecule has 0 fully saturated rings. The summed E-state index contributed by atoms with van der Waals surface area (Å²) in [5.74, 6) is -1.50. The van der Waals surface area contributed by atoms with Gasteiger partial charge in [-0.1, -0.05) is 18.5 Å². The van der Waals surface area contributed by atoms with E-state index < -0.39 is 17.4 Å². The molecular weight excluding hydrogens is 296 g/mol. The van der Waals surface area contributed by atoms with Crippen molar-refractivity contribution in [2.45, 2.75) is 19.9 Å². The molecule has 0 saturated carbocycles. The fourth-order valence-electron chi connectivity index (χ4n) is 2.02. The van der Waals surface area contributed by atoms with E-state index in [1.54, 1.807) is 25.2 Å². The number of hydrogen-bond acceptors (Lipinski definition) is 2. The van der Waals surface area contributed by atoms with Crippen molar-refractivity contribution in [1.82, 2.24) is 5.32 Å². The Balaban J connectivity index is 2.31. The van der Waals surface area contributed by atoms with Gasteiger partial charge in [0.05, 0.1) is 0 Å². The van der Waals surface area contributed by atoms with Crippen LogP contribution in [0, 0.1) is 11.6 Å². The predicted octanol–water partition coefficient (Wildman–Crippen LogP) is 4.69. The van der Waals surface area contributed by atoms with Crippen LogP contribution in [0.1, 0.15) is 18.1 Å². The zero-order valence-corrected chi connectivity index (χ0v) is 12.6. The first-order valence-corrected chi connectivity index (χ1v) is 7.01. The number of aryl methyl sites for hydroxylation is 1. The summed E-state index contributed by atoms with van der Waals surface area (Å²) >= 11 is 6.01. The number of ether oxygens (including phenoxy) is 1. The third-order valence-electron chi connectivity index (χ3n) is 3.06. The zero-order valence-electron chi connectivity index (χ0n) is 11.8. The van der Waals surface area contributed by atoms with Gasteiger partial charge in [0, 0.05) is 11.6 Å². The van der Waals surface area contributed by atoms with Crippen molar-refractivity contribution in [3.8, 4) is 11.5 Å². The van der Waals surface area contributed by atoms with Crippen molar-refractivity contribution in [3.63, 3.8) is 0 Å². The van der Waals surface area contributed by atoms with E-state index in [1.165, 1.54) is 12.1 Å². The summed E-state index contributed by atoms with van der Waals surface area (Å²) in [6.07, 6.45) is 0.710. The molecule has 2 nitrogen and oxygen atoms in total. The van der Waals surface area contributed by atoms with Gasteiger partial charge in [-0.2, -0.15) is 0 Å². The van der Waals surface area contributed by atoms with Crippen molar-refractivity contribution in [3.05, 3.63) is 58.1 Å². The standard InChI is InChI=1S/C16H16ClF2NO/c1-3-11-8-12(4-5-13(11)17)21-16-14(18)6-10(9-20-2)7-15(16)19/h4-8,20H,3,9H2,1-2H3. The van der Waals surface area contributed by atoms with Gasteiger partial charge in [-0.05, 0) is 54.9 Å². The largest absolute Gasteiger partial charge is 0.451 e. The van der Waals surface area contributed by atoms with Gasteiger partial charge in [0.25, 0.3) is 0 Å². The molecule has 0 unspecified atom stereocenters. The second-order valence-corrected chi connectivity index (χ2v) is 5.03. The van der Waals surface area contributed by atoms with Gasteiger partial charge < -0.3 is 10.1 Å². The van der Waals surface area contributed by atoms with Crippen molar-refractivity contribution in [2.24, 2.45) is 0 Å². The monoisotopic (exact) mass is 311 g/mol. The number of hydrogen-bond donors (Lipinski definition) is 1. The first-order valence-electron chi connectivity index (χ1n) is 6.64. The molecule has 0 amide bonds. The van der Waals surface area contributed by atoms with Gasteiger partial charge >= 0.3 is 0 Å². The molecule has 0 aliphatic heterocycles. The Kier molecular flexibility index (Phi) is 5.15. The highest BCUT2D eigenvalue weighted by Crippen LogP contribution is 2.31. The van der Waals surface area contributed by atoms with Gasteiger partial charge in [-0.3, -0.25) is 0 Å². The quantitative estimate of drug-likeness (QED) is 0.864. The van der Waals surface area contributed by atoms with Gasteiger partial charge in [-0.15, -0.1) is 0 Å². The molecule has 0 aromatic heterocycles. The Hall–Kier alpha value is -1.65. The normalized spacial score (nSPS) is 10.7. The lowest BCUT2D eigenvalue weighted by Crippen LogP contribution is -2.06. The average Bonchev–Trinajstić information content (AvgIpc) is 2.45. The molecule has 2 aromatic rings. The van der Waals surface area contributed by atoms with Crippen molar-refractivity contribution in [2.75, 3.05) is 7.05 Å². The van der Waals surface area contributed by atoms with Crippen LogP contribution in [0.25, 0.3) is 0 Å². The Morgan fingerprint density at radius 1 is 1.14 bits per heavy atom. The molecule has 0 aliphatic carbocycles. The van der Waals surface area contributed by atoms with Crippen molar-refractivity contribution >= 4 is 11.6 Å². The molecule has 2 rings (SSSR count). The Morgan fingerprint density at radius 3 is 2.38 bits per heavy atom. The van der Waals surface area contributed by atoms with E-state index in [0.717, 1.165) is 5.56 Å². The molecular formula is C16H16ClF2NO. The maximum Gasteiger partial charge on any atom is 0.198 e. The van der Waals surface area contributed by atoms with E-state index in [2.05, 4.69) is 5.32 Å². The van der Waals surface area contributed by atoms with Gasteiger partial charge in [0.1, 0.15) is 5.75 Å². The van der Waals surface area contributed by atoms with Crippen molar-refractivity contribution in [1.29, 1.82) is 0 Å². The molecule has 0 bridgehead atoms. The summed E-state index contributed by atoms with van der Waals surface area (Å²) in [6, 6.07) is 7.43. The highest BCUT2D eigenvalue weighted by Gasteiger charge is 2.14. The van der Waals surface area contributed by atoms with E-state index in [4.69, 9.17) is 16.3 Å². The summed E-state index contributed by atoms with van der Waals surface area (Å²) in [5, 5.41) is 3.45. The number of halogens is 3. The smallest absolute Gasteiger partial charge is 0.198 e. The lowest BCUT2D eigenvalue weighted by Gasteiger charge is -2.11. The van der Waals surface area contributed by atoms with Crippen LogP contribution in [0.4, 0.5) is 8.78 Å². The van der Waals surface area contributed by atoms with E-state index in [1.807, 2.05) is 6.92 Å². The lowest BCUT2D eigenvalue weighted by molar-refractivity contribution is 0.406. The molecule has 5 heteroatoms. The topological polar surface area (TPSA) is 21.3 Å². The molecule has 0 heterocycles. The number of nitrogens with one attached hydrogen (secondary N) is 1. The third-order valence-corrected chi connectivity index (χ3v) is 3.43. The second-order valence-electron chi connectivity index (χ2n) is 4.63. The van der Waals surface area contributed by atoms with Crippen molar-refractivity contribution < 1.29 is 13.5 Å². The number of benzene rings is 2. The molecule has 21 heavy (non-hydrogen) atoms. The Morgan fingerprint density at radius 2 is 1.81 bits per heavy atom. The molecule has 0 aliphatic rings. The van der Waals surface area contributed by atoms with E-state index in [0.29, 0.717) is 29.3 Å². The minimum Gasteiger partial charge on any atom is -0.451 e. The SMILES string of the molecule is CCc1cc(Oc2c(F)cc(CNC)cc2F)ccc1Cl. The molecule has 0 radical (unpaired) electrons. The Labute approximate surface area is 127 Å². The molecule has 1 N–H and O–H groups in total. The molecule has 112 valence electrons. The summed E-state index contributed by atoms with van der Waals surface area (Å²) in [5.41, 5.74) is 1.38. The summed E-state index contributed by atoms with van der Waals surface area (Å²) < 4.78 is 33.3. The molecule has 2 aromatic carbocycles. The fraction of sp³-hybridized carbons (Fsp3) is 0.250. The molecule has 0 saturated heterocycles. The van der Waals surface area contributed by atoms with E-state index in [-0.39, 0.29) is 0 Å². The predicted molar refractivity (Wildman–Crippen MR) is 80.0 cm³/mol. The zero-order chi connectivity index (χ0) is 15.4. The number of rotatable bonds is 5. The minimum atomic E-state index is -0.728. The van der Waals surface area contributed by atoms with Crippen LogP contribution in [0.2, 0.25) is 5.02 Å². The van der Waals surface area contributed by atoms with Crippen LogP contribution in [0.15, 0.2) is 30.3 Å². The van der Waals surface area contributed by atoms with E-state index in [9.17, 15) is 8.78 Å². The molecule has 0 atom stereocenters. The highest BCUT2D eigenvalue weighted by molar-refractivity contribution is 6.31. The average molecular weight is 312 g/mol. The third kappa shape index (κ3) is 3.71. The van der Waals surface area contributed by atoms with Gasteiger partial charge in [0.15, 0.2) is 17.4 Å². The van der Waals surface area contributed by atoms with Gasteiger partial charge in [0.2, 0.25) is 0 Å². The van der Waals surface area contributed by atoms with Gasteiger partial charge in [-0.25, -0.2) is 8.78 Å². The lowest BCUT2D eigenvalue weighted by atomic mass is 10.1. The maximum absolute atomic E-state index is 14.0. The first kappa shape index (κ1) is 15.7. The summed E-state index contributed by atoms with van der Waals surface area (Å²) in [4.78, 5) is 0. The van der Waals surface area contributed by atoms with Crippen LogP contribution in [-0.2, 0) is 13.0 Å².